The Morgan fingerprint density at radius 1 is 1.43 bits per heavy atom. The Balaban J connectivity index is 2.99. The number of halogens is 1. The van der Waals surface area contributed by atoms with Crippen LogP contribution in [0, 0.1) is 17.7 Å². The van der Waals surface area contributed by atoms with Crippen molar-refractivity contribution in [2.24, 2.45) is 0 Å². The maximum atomic E-state index is 13.3. The Morgan fingerprint density at radius 2 is 2.14 bits per heavy atom. The fraction of sp³-hybridized carbons (Fsp3) is 0.333. The summed E-state index contributed by atoms with van der Waals surface area (Å²) in [7, 11) is 1.47. The molecule has 2 amide bonds. The normalized spacial score (nSPS) is 11.0. The van der Waals surface area contributed by atoms with Crippen molar-refractivity contribution < 1.29 is 19.1 Å². The summed E-state index contributed by atoms with van der Waals surface area (Å²) in [6.45, 7) is 1.43. The number of hydrogen-bond donors (Lipinski definition) is 3. The molecule has 112 valence electrons. The number of rotatable bonds is 4. The highest BCUT2D eigenvalue weighted by Gasteiger charge is 2.17. The molecule has 0 saturated heterocycles. The maximum absolute atomic E-state index is 13.3. The van der Waals surface area contributed by atoms with Gasteiger partial charge < -0.3 is 15.7 Å². The van der Waals surface area contributed by atoms with E-state index in [1.54, 1.807) is 0 Å². The summed E-state index contributed by atoms with van der Waals surface area (Å²) >= 11 is 0. The summed E-state index contributed by atoms with van der Waals surface area (Å²) in [6.07, 6.45) is 0.228. The van der Waals surface area contributed by atoms with E-state index in [-0.39, 0.29) is 30.1 Å². The fourth-order valence-electron chi connectivity index (χ4n) is 1.59. The average Bonchev–Trinajstić information content (AvgIpc) is 2.46. The molecule has 0 bridgehead atoms. The van der Waals surface area contributed by atoms with Gasteiger partial charge in [0.05, 0.1) is 12.2 Å². The van der Waals surface area contributed by atoms with Crippen molar-refractivity contribution in [2.45, 2.75) is 19.4 Å². The minimum Gasteiger partial charge on any atom is -0.395 e. The SMILES string of the molecule is CNC(=O)C(C)NC(=O)c1ccc(F)cc1C#CCCO. The van der Waals surface area contributed by atoms with Gasteiger partial charge in [-0.25, -0.2) is 4.39 Å². The van der Waals surface area contributed by atoms with Crippen molar-refractivity contribution in [1.82, 2.24) is 10.6 Å². The highest BCUT2D eigenvalue weighted by Crippen LogP contribution is 2.11. The molecule has 1 aromatic rings. The quantitative estimate of drug-likeness (QED) is 0.704. The summed E-state index contributed by atoms with van der Waals surface area (Å²) in [4.78, 5) is 23.5. The van der Waals surface area contributed by atoms with E-state index in [9.17, 15) is 14.0 Å². The highest BCUT2D eigenvalue weighted by atomic mass is 19.1. The van der Waals surface area contributed by atoms with Gasteiger partial charge in [-0.3, -0.25) is 9.59 Å². The van der Waals surface area contributed by atoms with Crippen LogP contribution in [0.15, 0.2) is 18.2 Å². The first-order valence-corrected chi connectivity index (χ1v) is 6.41. The van der Waals surface area contributed by atoms with Crippen LogP contribution in [-0.2, 0) is 4.79 Å². The summed E-state index contributed by atoms with van der Waals surface area (Å²) in [5, 5.41) is 13.6. The van der Waals surface area contributed by atoms with Crippen LogP contribution in [0.5, 0.6) is 0 Å². The minimum absolute atomic E-state index is 0.114. The maximum Gasteiger partial charge on any atom is 0.253 e. The molecule has 21 heavy (non-hydrogen) atoms. The number of carbonyl (C=O) groups is 2. The monoisotopic (exact) mass is 292 g/mol. The molecule has 0 aromatic heterocycles. The zero-order valence-electron chi connectivity index (χ0n) is 11.9. The van der Waals surface area contributed by atoms with Crippen molar-refractivity contribution in [2.75, 3.05) is 13.7 Å². The first-order valence-electron chi connectivity index (χ1n) is 6.41. The van der Waals surface area contributed by atoms with Gasteiger partial charge in [0.25, 0.3) is 5.91 Å². The van der Waals surface area contributed by atoms with E-state index in [1.165, 1.54) is 20.0 Å². The van der Waals surface area contributed by atoms with Crippen molar-refractivity contribution in [3.63, 3.8) is 0 Å². The number of benzene rings is 1. The molecule has 0 radical (unpaired) electrons. The van der Waals surface area contributed by atoms with Crippen molar-refractivity contribution in [1.29, 1.82) is 0 Å². The lowest BCUT2D eigenvalue weighted by molar-refractivity contribution is -0.122. The predicted octanol–water partition coefficient (Wildman–Crippen LogP) is 0.424. The first-order chi connectivity index (χ1) is 9.99. The molecular weight excluding hydrogens is 275 g/mol. The second kappa shape index (κ2) is 8.02. The topological polar surface area (TPSA) is 78.4 Å². The van der Waals surface area contributed by atoms with Crippen LogP contribution in [0.3, 0.4) is 0 Å². The molecular formula is C15H17FN2O3. The van der Waals surface area contributed by atoms with E-state index in [0.29, 0.717) is 0 Å². The molecule has 6 heteroatoms. The smallest absolute Gasteiger partial charge is 0.253 e. The lowest BCUT2D eigenvalue weighted by Crippen LogP contribution is -2.43. The highest BCUT2D eigenvalue weighted by molar-refractivity contribution is 5.99. The number of nitrogens with one attached hydrogen (secondary N) is 2. The van der Waals surface area contributed by atoms with Crippen LogP contribution < -0.4 is 10.6 Å². The van der Waals surface area contributed by atoms with Gasteiger partial charge in [0.2, 0.25) is 5.91 Å². The molecule has 1 rings (SSSR count). The molecule has 0 fully saturated rings. The molecule has 3 N–H and O–H groups in total. The van der Waals surface area contributed by atoms with Gasteiger partial charge in [0.1, 0.15) is 11.9 Å². The van der Waals surface area contributed by atoms with Crippen LogP contribution in [0.25, 0.3) is 0 Å². The molecule has 0 aliphatic heterocycles. The zero-order chi connectivity index (χ0) is 15.8. The largest absolute Gasteiger partial charge is 0.395 e. The fourth-order valence-corrected chi connectivity index (χ4v) is 1.59. The van der Waals surface area contributed by atoms with E-state index in [4.69, 9.17) is 5.11 Å². The third-order valence-electron chi connectivity index (χ3n) is 2.67. The number of aliphatic hydroxyl groups is 1. The molecule has 1 aromatic carbocycles. The zero-order valence-corrected chi connectivity index (χ0v) is 11.9. The summed E-state index contributed by atoms with van der Waals surface area (Å²) in [5.74, 6) is 3.91. The second-order valence-electron chi connectivity index (χ2n) is 4.27. The van der Waals surface area contributed by atoms with Gasteiger partial charge in [-0.05, 0) is 25.1 Å². The van der Waals surface area contributed by atoms with Crippen LogP contribution in [0.1, 0.15) is 29.3 Å². The van der Waals surface area contributed by atoms with Gasteiger partial charge in [-0.2, -0.15) is 0 Å². The van der Waals surface area contributed by atoms with E-state index >= 15 is 0 Å². The van der Waals surface area contributed by atoms with Crippen LogP contribution >= 0.6 is 0 Å². The Hall–Kier alpha value is -2.39. The molecule has 1 unspecified atom stereocenters. The molecule has 0 aliphatic rings. The van der Waals surface area contributed by atoms with Crippen LogP contribution in [0.2, 0.25) is 0 Å². The minimum atomic E-state index is -0.717. The van der Waals surface area contributed by atoms with Crippen LogP contribution in [0.4, 0.5) is 4.39 Å². The van der Waals surface area contributed by atoms with Gasteiger partial charge >= 0.3 is 0 Å². The van der Waals surface area contributed by atoms with Crippen molar-refractivity contribution in [3.8, 4) is 11.8 Å². The first kappa shape index (κ1) is 16.7. The van der Waals surface area contributed by atoms with Gasteiger partial charge in [-0.1, -0.05) is 11.8 Å². The van der Waals surface area contributed by atoms with E-state index in [2.05, 4.69) is 22.5 Å². The lowest BCUT2D eigenvalue weighted by Gasteiger charge is -2.13. The second-order valence-corrected chi connectivity index (χ2v) is 4.27. The van der Waals surface area contributed by atoms with Gasteiger partial charge in [0.15, 0.2) is 0 Å². The summed E-state index contributed by atoms with van der Waals surface area (Å²) in [5.41, 5.74) is 0.391. The van der Waals surface area contributed by atoms with Gasteiger partial charge in [-0.15, -0.1) is 0 Å². The van der Waals surface area contributed by atoms with E-state index in [0.717, 1.165) is 12.1 Å². The van der Waals surface area contributed by atoms with Crippen molar-refractivity contribution in [3.05, 3.63) is 35.1 Å². The molecule has 0 saturated carbocycles. The summed E-state index contributed by atoms with van der Waals surface area (Å²) < 4.78 is 13.3. The number of likely N-dealkylation sites (N-methyl/N-ethyl adjacent to an activating group) is 1. The van der Waals surface area contributed by atoms with E-state index in [1.807, 2.05) is 0 Å². The Kier molecular flexibility index (Phi) is 6.37. The molecule has 5 nitrogen and oxygen atoms in total. The number of hydrogen-bond acceptors (Lipinski definition) is 3. The van der Waals surface area contributed by atoms with Crippen LogP contribution in [-0.4, -0.2) is 36.6 Å². The lowest BCUT2D eigenvalue weighted by atomic mass is 10.1. The third kappa shape index (κ3) is 4.89. The Morgan fingerprint density at radius 3 is 2.76 bits per heavy atom. The van der Waals surface area contributed by atoms with E-state index < -0.39 is 17.8 Å². The number of aliphatic hydroxyl groups excluding tert-OH is 1. The Labute approximate surface area is 122 Å². The average molecular weight is 292 g/mol. The molecule has 0 heterocycles. The molecule has 1 atom stereocenters. The van der Waals surface area contributed by atoms with Crippen molar-refractivity contribution >= 4 is 11.8 Å². The Bertz CT molecular complexity index is 590. The summed E-state index contributed by atoms with van der Waals surface area (Å²) in [6, 6.07) is 2.89. The number of carbonyl (C=O) groups excluding carboxylic acids is 2. The molecule has 0 spiro atoms. The van der Waals surface area contributed by atoms with Gasteiger partial charge in [0, 0.05) is 19.0 Å². The predicted molar refractivity (Wildman–Crippen MR) is 76.0 cm³/mol. The molecule has 0 aliphatic carbocycles. The third-order valence-corrected chi connectivity index (χ3v) is 2.67. The number of amides is 2. The standard InChI is InChI=1S/C15H17FN2O3/c1-10(14(20)17-2)18-15(21)13-7-6-12(16)9-11(13)5-3-4-8-19/h6-7,9-10,19H,4,8H2,1-2H3,(H,17,20)(H,18,21).